The van der Waals surface area contributed by atoms with Crippen molar-refractivity contribution in [1.29, 1.82) is 0 Å². The van der Waals surface area contributed by atoms with Crippen LogP contribution in [0.25, 0.3) is 12.2 Å². The minimum absolute atomic E-state index is 0. The number of nitrogens with zero attached hydrogens (tertiary/aromatic N) is 2. The van der Waals surface area contributed by atoms with Gasteiger partial charge in [-0.15, -0.1) is 12.4 Å². The molecule has 0 amide bonds. The van der Waals surface area contributed by atoms with Crippen LogP contribution in [0.1, 0.15) is 29.8 Å². The highest BCUT2D eigenvalue weighted by molar-refractivity contribution is 9.10. The van der Waals surface area contributed by atoms with Crippen molar-refractivity contribution in [3.63, 3.8) is 0 Å². The molecule has 1 aromatic carbocycles. The summed E-state index contributed by atoms with van der Waals surface area (Å²) in [4.78, 5) is 4.34. The first-order valence-electron chi connectivity index (χ1n) is 6.52. The van der Waals surface area contributed by atoms with Crippen LogP contribution in [0.4, 0.5) is 0 Å². The van der Waals surface area contributed by atoms with Crippen molar-refractivity contribution in [2.75, 3.05) is 7.05 Å². The van der Waals surface area contributed by atoms with Crippen LogP contribution >= 0.6 is 28.3 Å². The summed E-state index contributed by atoms with van der Waals surface area (Å²) >= 11 is 3.54. The van der Waals surface area contributed by atoms with Crippen molar-refractivity contribution in [2.24, 2.45) is 0 Å². The van der Waals surface area contributed by atoms with E-state index in [-0.39, 0.29) is 12.4 Å². The van der Waals surface area contributed by atoms with Crippen LogP contribution in [0.3, 0.4) is 0 Å². The van der Waals surface area contributed by atoms with Crippen LogP contribution in [-0.4, -0.2) is 23.2 Å². The Labute approximate surface area is 139 Å². The number of nitrogens with one attached hydrogen (secondary N) is 1. The van der Waals surface area contributed by atoms with Crippen LogP contribution in [0.15, 0.2) is 27.2 Å². The van der Waals surface area contributed by atoms with E-state index in [9.17, 15) is 0 Å². The molecular weight excluding hydrogens is 354 g/mol. The minimum atomic E-state index is 0. The number of likely N-dealkylation sites (N-methyl/N-ethyl adjacent to an activating group) is 1. The van der Waals surface area contributed by atoms with Crippen LogP contribution in [0.5, 0.6) is 0 Å². The van der Waals surface area contributed by atoms with Crippen molar-refractivity contribution in [3.05, 3.63) is 45.5 Å². The summed E-state index contributed by atoms with van der Waals surface area (Å²) in [7, 11) is 1.92. The molecule has 0 aliphatic carbocycles. The molecule has 1 heterocycles. The number of halogens is 2. The Hall–Kier alpha value is -1.17. The first-order valence-corrected chi connectivity index (χ1v) is 7.32. The van der Waals surface area contributed by atoms with E-state index in [1.54, 1.807) is 0 Å². The zero-order chi connectivity index (χ0) is 14.5. The second kappa shape index (κ2) is 8.32. The molecule has 1 atom stereocenters. The molecule has 1 aromatic heterocycles. The molecule has 21 heavy (non-hydrogen) atoms. The normalized spacial score (nSPS) is 12.4. The summed E-state index contributed by atoms with van der Waals surface area (Å²) in [5, 5.41) is 7.11. The Balaban J connectivity index is 0.00000220. The van der Waals surface area contributed by atoms with E-state index >= 15 is 0 Å². The van der Waals surface area contributed by atoms with Gasteiger partial charge in [-0.3, -0.25) is 0 Å². The molecule has 0 aliphatic heterocycles. The van der Waals surface area contributed by atoms with E-state index in [0.717, 1.165) is 22.3 Å². The lowest BCUT2D eigenvalue weighted by molar-refractivity contribution is 0.400. The third kappa shape index (κ3) is 5.26. The average molecular weight is 373 g/mol. The third-order valence-corrected chi connectivity index (χ3v) is 3.71. The quantitative estimate of drug-likeness (QED) is 0.865. The first-order chi connectivity index (χ1) is 9.58. The number of hydrogen-bond donors (Lipinski definition) is 1. The van der Waals surface area contributed by atoms with Gasteiger partial charge in [-0.2, -0.15) is 4.98 Å². The molecule has 0 radical (unpaired) electrons. The van der Waals surface area contributed by atoms with Crippen LogP contribution < -0.4 is 5.32 Å². The Morgan fingerprint density at radius 2 is 2.14 bits per heavy atom. The maximum Gasteiger partial charge on any atom is 0.250 e. The molecule has 0 spiro atoms. The van der Waals surface area contributed by atoms with Gasteiger partial charge in [0.2, 0.25) is 0 Å². The number of hydrogen-bond acceptors (Lipinski definition) is 4. The zero-order valence-electron chi connectivity index (χ0n) is 12.3. The fourth-order valence-corrected chi connectivity index (χ4v) is 2.35. The second-order valence-corrected chi connectivity index (χ2v) is 5.66. The number of benzene rings is 1. The largest absolute Gasteiger partial charge is 0.335 e. The van der Waals surface area contributed by atoms with Gasteiger partial charge in [-0.1, -0.05) is 33.2 Å². The van der Waals surface area contributed by atoms with Gasteiger partial charge < -0.3 is 9.84 Å². The van der Waals surface area contributed by atoms with Crippen molar-refractivity contribution < 1.29 is 4.52 Å². The van der Waals surface area contributed by atoms with Gasteiger partial charge >= 0.3 is 0 Å². The van der Waals surface area contributed by atoms with Gasteiger partial charge in [-0.05, 0) is 44.2 Å². The number of rotatable bonds is 5. The van der Waals surface area contributed by atoms with Crippen molar-refractivity contribution >= 4 is 40.5 Å². The molecule has 0 bridgehead atoms. The zero-order valence-corrected chi connectivity index (χ0v) is 14.7. The molecular formula is C15H19BrClN3O. The lowest BCUT2D eigenvalue weighted by Gasteiger charge is -2.04. The standard InChI is InChI=1S/C15H18BrN3O.ClH/c1-10-4-5-12(13(16)8-10)6-7-15-18-14(19-20-15)9-11(2)17-3;/h4-8,11,17H,9H2,1-3H3;1H/b7-6+;. The maximum atomic E-state index is 5.20. The summed E-state index contributed by atoms with van der Waals surface area (Å²) < 4.78 is 6.26. The van der Waals surface area contributed by atoms with E-state index in [0.29, 0.717) is 11.9 Å². The monoisotopic (exact) mass is 371 g/mol. The van der Waals surface area contributed by atoms with Gasteiger partial charge in [-0.25, -0.2) is 0 Å². The van der Waals surface area contributed by atoms with Crippen molar-refractivity contribution in [2.45, 2.75) is 26.3 Å². The van der Waals surface area contributed by atoms with Crippen molar-refractivity contribution in [3.8, 4) is 0 Å². The fraction of sp³-hybridized carbons (Fsp3) is 0.333. The lowest BCUT2D eigenvalue weighted by Crippen LogP contribution is -2.24. The molecule has 1 unspecified atom stereocenters. The summed E-state index contributed by atoms with van der Waals surface area (Å²) in [5.41, 5.74) is 2.30. The minimum Gasteiger partial charge on any atom is -0.335 e. The molecule has 114 valence electrons. The van der Waals surface area contributed by atoms with Gasteiger partial charge in [0.25, 0.3) is 5.89 Å². The molecule has 1 N–H and O–H groups in total. The molecule has 0 saturated heterocycles. The summed E-state index contributed by atoms with van der Waals surface area (Å²) in [6.07, 6.45) is 4.54. The second-order valence-electron chi connectivity index (χ2n) is 4.80. The average Bonchev–Trinajstić information content (AvgIpc) is 2.85. The van der Waals surface area contributed by atoms with Gasteiger partial charge in [0, 0.05) is 23.0 Å². The smallest absolute Gasteiger partial charge is 0.250 e. The fourth-order valence-electron chi connectivity index (χ4n) is 1.72. The highest BCUT2D eigenvalue weighted by atomic mass is 79.9. The molecule has 0 saturated carbocycles. The van der Waals surface area contributed by atoms with E-state index in [4.69, 9.17) is 4.52 Å². The predicted molar refractivity (Wildman–Crippen MR) is 91.6 cm³/mol. The van der Waals surface area contributed by atoms with Crippen LogP contribution in [-0.2, 0) is 6.42 Å². The molecule has 0 fully saturated rings. The highest BCUT2D eigenvalue weighted by Gasteiger charge is 2.07. The molecule has 4 nitrogen and oxygen atoms in total. The van der Waals surface area contributed by atoms with Crippen LogP contribution in [0, 0.1) is 6.92 Å². The summed E-state index contributed by atoms with van der Waals surface area (Å²) in [6, 6.07) is 6.53. The van der Waals surface area contributed by atoms with E-state index < -0.39 is 0 Å². The van der Waals surface area contributed by atoms with E-state index in [1.807, 2.05) is 19.2 Å². The van der Waals surface area contributed by atoms with Gasteiger partial charge in [0.05, 0.1) is 0 Å². The summed E-state index contributed by atoms with van der Waals surface area (Å²) in [5.74, 6) is 1.24. The Bertz CT molecular complexity index is 613. The van der Waals surface area contributed by atoms with E-state index in [2.05, 4.69) is 63.4 Å². The SMILES string of the molecule is CNC(C)Cc1noc(/C=C/c2ccc(C)cc2Br)n1.Cl. The molecule has 6 heteroatoms. The number of aromatic nitrogens is 2. The predicted octanol–water partition coefficient (Wildman–Crippen LogP) is 3.88. The van der Waals surface area contributed by atoms with Crippen molar-refractivity contribution in [1.82, 2.24) is 15.5 Å². The van der Waals surface area contributed by atoms with Gasteiger partial charge in [0.1, 0.15) is 0 Å². The Kier molecular flexibility index (Phi) is 7.08. The topological polar surface area (TPSA) is 51.0 Å². The molecule has 0 aliphatic rings. The van der Waals surface area contributed by atoms with Crippen LogP contribution in [0.2, 0.25) is 0 Å². The molecule has 2 aromatic rings. The Morgan fingerprint density at radius 3 is 2.81 bits per heavy atom. The summed E-state index contributed by atoms with van der Waals surface area (Å²) in [6.45, 7) is 4.14. The third-order valence-electron chi connectivity index (χ3n) is 3.03. The maximum absolute atomic E-state index is 5.20. The van der Waals surface area contributed by atoms with E-state index in [1.165, 1.54) is 5.56 Å². The lowest BCUT2D eigenvalue weighted by atomic mass is 10.1. The number of aryl methyl sites for hydroxylation is 1. The van der Waals surface area contributed by atoms with Gasteiger partial charge in [0.15, 0.2) is 5.82 Å². The first kappa shape index (κ1) is 17.9. The Morgan fingerprint density at radius 1 is 1.38 bits per heavy atom. The molecule has 2 rings (SSSR count). The highest BCUT2D eigenvalue weighted by Crippen LogP contribution is 2.20.